The molecule has 2 aliphatic rings. The number of hydrogen-bond donors (Lipinski definition) is 0. The monoisotopic (exact) mass is 648 g/mol. The number of fused-ring (bicyclic) bond motifs is 2. The molecule has 41 heavy (non-hydrogen) atoms. The van der Waals surface area contributed by atoms with Crippen LogP contribution in [0.15, 0.2) is 34.9 Å². The number of halogens is 2. The van der Waals surface area contributed by atoms with Gasteiger partial charge in [0.1, 0.15) is 15.8 Å². The molecule has 0 fully saturated rings. The van der Waals surface area contributed by atoms with Gasteiger partial charge in [0.25, 0.3) is 0 Å². The number of ether oxygens (including phenoxy) is 2. The molecule has 0 saturated heterocycles. The molecular weight excluding hydrogens is 612 g/mol. The standard InChI is InChI=1S/C18H22ClN3O2.C11H16BrN3O2/c1-12-9-13(5-6-15(12)19)16-10-14-11-21(7-8-22(14)20-16)17(23)24-18(2,3)4;1-11(2,3)17-10(16)14-4-5-15-8(7-14)6-9(12)13-15/h5-6,9-10H,7-8,11H2,1-4H3;6H,4-5,7H2,1-3H3. The minimum atomic E-state index is -0.485. The molecule has 2 aliphatic heterocycles. The zero-order chi connectivity index (χ0) is 30.1. The van der Waals surface area contributed by atoms with Gasteiger partial charge in [0.15, 0.2) is 0 Å². The predicted octanol–water partition coefficient (Wildman–Crippen LogP) is 6.66. The van der Waals surface area contributed by atoms with Crippen molar-refractivity contribution in [1.82, 2.24) is 29.4 Å². The van der Waals surface area contributed by atoms with Crippen LogP contribution < -0.4 is 0 Å². The Bertz CT molecular complexity index is 1420. The molecular formula is C29H38BrClN6O4. The molecule has 0 N–H and O–H groups in total. The lowest BCUT2D eigenvalue weighted by Gasteiger charge is -2.30. The lowest BCUT2D eigenvalue weighted by Crippen LogP contribution is -2.41. The number of hydrogen-bond acceptors (Lipinski definition) is 6. The highest BCUT2D eigenvalue weighted by Gasteiger charge is 2.28. The second-order valence-electron chi connectivity index (χ2n) is 12.2. The molecule has 0 radical (unpaired) electrons. The van der Waals surface area contributed by atoms with Crippen LogP contribution >= 0.6 is 27.5 Å². The van der Waals surface area contributed by atoms with Gasteiger partial charge in [-0.1, -0.05) is 17.7 Å². The first kappa shape index (κ1) is 30.9. The molecule has 1 aromatic carbocycles. The van der Waals surface area contributed by atoms with Crippen molar-refractivity contribution in [3.8, 4) is 11.3 Å². The van der Waals surface area contributed by atoms with E-state index in [0.717, 1.165) is 37.8 Å². The molecule has 5 rings (SSSR count). The van der Waals surface area contributed by atoms with E-state index in [1.54, 1.807) is 9.80 Å². The van der Waals surface area contributed by atoms with Gasteiger partial charge in [-0.25, -0.2) is 9.59 Å². The zero-order valence-electron chi connectivity index (χ0n) is 24.7. The van der Waals surface area contributed by atoms with Gasteiger partial charge < -0.3 is 19.3 Å². The Morgan fingerprint density at radius 1 is 0.805 bits per heavy atom. The fourth-order valence-electron chi connectivity index (χ4n) is 4.41. The lowest BCUT2D eigenvalue weighted by atomic mass is 10.1. The highest BCUT2D eigenvalue weighted by Crippen LogP contribution is 2.26. The molecule has 222 valence electrons. The van der Waals surface area contributed by atoms with Crippen LogP contribution in [0.5, 0.6) is 0 Å². The number of aromatic nitrogens is 4. The van der Waals surface area contributed by atoms with Crippen molar-refractivity contribution in [2.45, 2.75) is 85.8 Å². The number of carbonyl (C=O) groups excluding carboxylic acids is 2. The first-order chi connectivity index (χ1) is 19.1. The Balaban J connectivity index is 0.000000201. The van der Waals surface area contributed by atoms with Crippen molar-refractivity contribution in [1.29, 1.82) is 0 Å². The third-order valence-corrected chi connectivity index (χ3v) is 7.13. The average Bonchev–Trinajstić information content (AvgIpc) is 3.45. The molecule has 0 atom stereocenters. The van der Waals surface area contributed by atoms with Gasteiger partial charge in [0, 0.05) is 23.7 Å². The van der Waals surface area contributed by atoms with Crippen molar-refractivity contribution >= 4 is 39.7 Å². The van der Waals surface area contributed by atoms with Gasteiger partial charge in [0.2, 0.25) is 0 Å². The SMILES string of the molecule is CC(C)(C)OC(=O)N1CCn2nc(Br)cc2C1.Cc1cc(-c2cc3n(n2)CCN(C(=O)OC(C)(C)C)C3)ccc1Cl. The van der Waals surface area contributed by atoms with Crippen molar-refractivity contribution in [2.75, 3.05) is 13.1 Å². The smallest absolute Gasteiger partial charge is 0.410 e. The van der Waals surface area contributed by atoms with E-state index in [-0.39, 0.29) is 12.2 Å². The van der Waals surface area contributed by atoms with Gasteiger partial charge in [-0.15, -0.1) is 0 Å². The van der Waals surface area contributed by atoms with Crippen LogP contribution in [0.4, 0.5) is 9.59 Å². The maximum atomic E-state index is 12.2. The molecule has 0 bridgehead atoms. The van der Waals surface area contributed by atoms with E-state index >= 15 is 0 Å². The van der Waals surface area contributed by atoms with Crippen LogP contribution in [-0.2, 0) is 35.7 Å². The molecule has 0 saturated carbocycles. The van der Waals surface area contributed by atoms with Crippen molar-refractivity contribution in [3.63, 3.8) is 0 Å². The number of amides is 2. The normalized spacial score (nSPS) is 15.0. The van der Waals surface area contributed by atoms with Crippen molar-refractivity contribution in [3.05, 3.63) is 56.9 Å². The van der Waals surface area contributed by atoms with E-state index in [1.807, 2.05) is 88.2 Å². The van der Waals surface area contributed by atoms with Crippen molar-refractivity contribution < 1.29 is 19.1 Å². The summed E-state index contributed by atoms with van der Waals surface area (Å²) in [6.45, 7) is 16.9. The van der Waals surface area contributed by atoms with Gasteiger partial charge in [-0.3, -0.25) is 9.36 Å². The Labute approximate surface area is 254 Å². The molecule has 2 amide bonds. The number of benzene rings is 1. The van der Waals surface area contributed by atoms with Gasteiger partial charge >= 0.3 is 12.2 Å². The topological polar surface area (TPSA) is 94.7 Å². The molecule has 0 spiro atoms. The second kappa shape index (κ2) is 12.1. The summed E-state index contributed by atoms with van der Waals surface area (Å²) in [7, 11) is 0. The van der Waals surface area contributed by atoms with Gasteiger partial charge in [-0.05, 0) is 94.2 Å². The Morgan fingerprint density at radius 3 is 1.83 bits per heavy atom. The predicted molar refractivity (Wildman–Crippen MR) is 161 cm³/mol. The van der Waals surface area contributed by atoms with Crippen LogP contribution in [-0.4, -0.2) is 65.8 Å². The number of aryl methyl sites for hydroxylation is 1. The summed E-state index contributed by atoms with van der Waals surface area (Å²) in [5, 5.41) is 9.68. The van der Waals surface area contributed by atoms with Crippen LogP contribution in [0, 0.1) is 6.92 Å². The average molecular weight is 650 g/mol. The maximum absolute atomic E-state index is 12.2. The van der Waals surface area contributed by atoms with E-state index in [4.69, 9.17) is 21.1 Å². The zero-order valence-corrected chi connectivity index (χ0v) is 27.0. The summed E-state index contributed by atoms with van der Waals surface area (Å²) in [4.78, 5) is 27.6. The van der Waals surface area contributed by atoms with E-state index in [2.05, 4.69) is 26.1 Å². The Hall–Kier alpha value is -3.05. The van der Waals surface area contributed by atoms with Crippen LogP contribution in [0.2, 0.25) is 5.02 Å². The summed E-state index contributed by atoms with van der Waals surface area (Å²) in [6, 6.07) is 9.84. The number of carbonyl (C=O) groups is 2. The summed E-state index contributed by atoms with van der Waals surface area (Å²) in [6.07, 6.45) is -0.542. The van der Waals surface area contributed by atoms with Crippen LogP contribution in [0.3, 0.4) is 0 Å². The summed E-state index contributed by atoms with van der Waals surface area (Å²) >= 11 is 9.42. The highest BCUT2D eigenvalue weighted by atomic mass is 79.9. The fourth-order valence-corrected chi connectivity index (χ4v) is 4.98. The van der Waals surface area contributed by atoms with Crippen LogP contribution in [0.25, 0.3) is 11.3 Å². The molecule has 10 nitrogen and oxygen atoms in total. The molecule has 4 heterocycles. The van der Waals surface area contributed by atoms with E-state index in [0.29, 0.717) is 39.3 Å². The minimum absolute atomic E-state index is 0.263. The fraction of sp³-hybridized carbons (Fsp3) is 0.517. The first-order valence-electron chi connectivity index (χ1n) is 13.6. The highest BCUT2D eigenvalue weighted by molar-refractivity contribution is 9.10. The molecule has 12 heteroatoms. The summed E-state index contributed by atoms with van der Waals surface area (Å²) in [5.74, 6) is 0. The second-order valence-corrected chi connectivity index (χ2v) is 13.4. The summed E-state index contributed by atoms with van der Waals surface area (Å²) < 4.78 is 15.5. The molecule has 2 aromatic heterocycles. The molecule has 0 aliphatic carbocycles. The first-order valence-corrected chi connectivity index (χ1v) is 14.8. The maximum Gasteiger partial charge on any atom is 0.410 e. The van der Waals surface area contributed by atoms with Gasteiger partial charge in [-0.2, -0.15) is 10.2 Å². The third-order valence-electron chi connectivity index (χ3n) is 6.32. The summed E-state index contributed by atoms with van der Waals surface area (Å²) in [5.41, 5.74) is 4.05. The molecule has 3 aromatic rings. The van der Waals surface area contributed by atoms with Crippen LogP contribution in [0.1, 0.15) is 58.5 Å². The Kier molecular flexibility index (Phi) is 9.08. The van der Waals surface area contributed by atoms with E-state index < -0.39 is 11.2 Å². The van der Waals surface area contributed by atoms with Gasteiger partial charge in [0.05, 0.1) is 43.3 Å². The quantitative estimate of drug-likeness (QED) is 0.293. The largest absolute Gasteiger partial charge is 0.444 e. The minimum Gasteiger partial charge on any atom is -0.444 e. The van der Waals surface area contributed by atoms with E-state index in [1.165, 1.54) is 0 Å². The van der Waals surface area contributed by atoms with E-state index in [9.17, 15) is 9.59 Å². The number of rotatable bonds is 1. The Morgan fingerprint density at radius 2 is 1.32 bits per heavy atom. The molecule has 0 unspecified atom stereocenters. The third kappa shape index (κ3) is 8.25. The lowest BCUT2D eigenvalue weighted by molar-refractivity contribution is 0.0184. The van der Waals surface area contributed by atoms with Crippen molar-refractivity contribution in [2.24, 2.45) is 0 Å². The number of nitrogens with zero attached hydrogens (tertiary/aromatic N) is 6.